The second-order valence-electron chi connectivity index (χ2n) is 6.99. The van der Waals surface area contributed by atoms with E-state index in [4.69, 9.17) is 10.8 Å². The molecule has 0 aliphatic carbocycles. The van der Waals surface area contributed by atoms with Crippen molar-refractivity contribution in [2.24, 2.45) is 0 Å². The molecule has 4 aromatic heterocycles. The average Bonchev–Trinajstić information content (AvgIpc) is 3.27. The van der Waals surface area contributed by atoms with Gasteiger partial charge in [0.25, 0.3) is 5.56 Å². The molecule has 0 radical (unpaired) electrons. The Morgan fingerprint density at radius 2 is 1.93 bits per heavy atom. The van der Waals surface area contributed by atoms with Crippen molar-refractivity contribution < 1.29 is 0 Å². The Hall–Kier alpha value is -4.01. The topological polar surface area (TPSA) is 109 Å². The molecular weight excluding hydrogens is 368 g/mol. The lowest BCUT2D eigenvalue weighted by Crippen LogP contribution is -2.27. The fourth-order valence-electron chi connectivity index (χ4n) is 3.56. The maximum Gasteiger partial charge on any atom is 0.282 e. The monoisotopic (exact) mass is 386 g/mol. The second-order valence-corrected chi connectivity index (χ2v) is 6.99. The summed E-state index contributed by atoms with van der Waals surface area (Å²) in [6, 6.07) is 9.58. The fourth-order valence-corrected chi connectivity index (χ4v) is 3.56. The molecule has 0 saturated heterocycles. The first-order valence-electron chi connectivity index (χ1n) is 9.11. The van der Waals surface area contributed by atoms with Gasteiger partial charge in [-0.2, -0.15) is 5.10 Å². The molecular formula is C20H18N8O. The number of hydrogen-bond acceptors (Lipinski definition) is 6. The Kier molecular flexibility index (Phi) is 3.70. The number of hydrogen-bond donors (Lipinski definition) is 1. The number of imidazole rings is 1. The molecule has 0 aliphatic heterocycles. The van der Waals surface area contributed by atoms with Crippen LogP contribution in [0.3, 0.4) is 0 Å². The van der Waals surface area contributed by atoms with Gasteiger partial charge in [-0.15, -0.1) is 0 Å². The number of aromatic nitrogens is 7. The molecule has 144 valence electrons. The minimum absolute atomic E-state index is 0.129. The molecule has 0 fully saturated rings. The molecule has 2 N–H and O–H groups in total. The van der Waals surface area contributed by atoms with Gasteiger partial charge in [-0.05, 0) is 37.1 Å². The first-order valence-corrected chi connectivity index (χ1v) is 9.11. The number of nitrogen functional groups attached to an aromatic ring is 1. The molecule has 0 spiro atoms. The summed E-state index contributed by atoms with van der Waals surface area (Å²) in [5.74, 6) is 0.873. The van der Waals surface area contributed by atoms with Gasteiger partial charge < -0.3 is 10.3 Å². The van der Waals surface area contributed by atoms with Gasteiger partial charge in [0, 0.05) is 6.20 Å². The van der Waals surface area contributed by atoms with E-state index in [9.17, 15) is 4.79 Å². The normalized spacial score (nSPS) is 11.5. The largest absolute Gasteiger partial charge is 0.382 e. The minimum Gasteiger partial charge on any atom is -0.382 e. The third kappa shape index (κ3) is 2.66. The maximum absolute atomic E-state index is 13.4. The molecule has 0 bridgehead atoms. The van der Waals surface area contributed by atoms with E-state index in [0.29, 0.717) is 34.9 Å². The minimum atomic E-state index is -0.129. The number of rotatable bonds is 3. The van der Waals surface area contributed by atoms with Gasteiger partial charge in [0.15, 0.2) is 17.3 Å². The Labute approximate surface area is 165 Å². The number of para-hydroxylation sites is 1. The highest BCUT2D eigenvalue weighted by atomic mass is 16.1. The first-order chi connectivity index (χ1) is 14.0. The zero-order valence-electron chi connectivity index (χ0n) is 15.9. The number of aryl methyl sites for hydroxylation is 2. The standard InChI is InChI=1S/C20H18N8O/c1-12-7-15-20(29)28(14-6-4-3-5-13(14)2)16(25-27(15)8-12)9-26-11-24-17-18(21)22-10-23-19(17)26/h3-8,10-11H,9H2,1-2H3,(H2,21,22,23). The molecule has 9 heteroatoms. The zero-order valence-corrected chi connectivity index (χ0v) is 15.9. The lowest BCUT2D eigenvalue weighted by Gasteiger charge is -2.15. The predicted molar refractivity (Wildman–Crippen MR) is 109 cm³/mol. The lowest BCUT2D eigenvalue weighted by molar-refractivity contribution is 0.669. The quantitative estimate of drug-likeness (QED) is 0.507. The molecule has 5 aromatic rings. The fraction of sp³-hybridized carbons (Fsp3) is 0.150. The molecule has 1 aromatic carbocycles. The molecule has 29 heavy (non-hydrogen) atoms. The molecule has 9 nitrogen and oxygen atoms in total. The van der Waals surface area contributed by atoms with Crippen molar-refractivity contribution in [2.45, 2.75) is 20.4 Å². The molecule has 0 saturated carbocycles. The number of nitrogens with two attached hydrogens (primary N) is 1. The van der Waals surface area contributed by atoms with Crippen LogP contribution in [0.4, 0.5) is 5.82 Å². The summed E-state index contributed by atoms with van der Waals surface area (Å²) in [4.78, 5) is 26.0. The molecule has 4 heterocycles. The van der Waals surface area contributed by atoms with E-state index in [2.05, 4.69) is 15.0 Å². The van der Waals surface area contributed by atoms with Gasteiger partial charge in [0.2, 0.25) is 0 Å². The summed E-state index contributed by atoms with van der Waals surface area (Å²) < 4.78 is 5.09. The van der Waals surface area contributed by atoms with Gasteiger partial charge in [-0.3, -0.25) is 9.36 Å². The number of anilines is 1. The Bertz CT molecular complexity index is 1440. The van der Waals surface area contributed by atoms with Crippen molar-refractivity contribution in [1.29, 1.82) is 0 Å². The molecule has 0 amide bonds. The third-order valence-electron chi connectivity index (χ3n) is 4.94. The SMILES string of the molecule is Cc1cc2c(=O)n(-c3ccccc3C)c(Cn3cnc4c(N)ncnc43)nn2c1. The highest BCUT2D eigenvalue weighted by Crippen LogP contribution is 2.18. The molecule has 5 rings (SSSR count). The highest BCUT2D eigenvalue weighted by molar-refractivity contribution is 5.81. The van der Waals surface area contributed by atoms with Crippen LogP contribution in [0.1, 0.15) is 17.0 Å². The van der Waals surface area contributed by atoms with Crippen LogP contribution in [0.15, 0.2) is 54.0 Å². The van der Waals surface area contributed by atoms with Crippen LogP contribution in [0.5, 0.6) is 0 Å². The van der Waals surface area contributed by atoms with Crippen molar-refractivity contribution in [3.05, 3.63) is 76.5 Å². The van der Waals surface area contributed by atoms with Crippen molar-refractivity contribution in [1.82, 2.24) is 33.7 Å². The summed E-state index contributed by atoms with van der Waals surface area (Å²) in [5.41, 5.74) is 10.2. The van der Waals surface area contributed by atoms with Gasteiger partial charge >= 0.3 is 0 Å². The van der Waals surface area contributed by atoms with E-state index < -0.39 is 0 Å². The predicted octanol–water partition coefficient (Wildman–Crippen LogP) is 1.87. The maximum atomic E-state index is 13.4. The summed E-state index contributed by atoms with van der Waals surface area (Å²) in [7, 11) is 0. The summed E-state index contributed by atoms with van der Waals surface area (Å²) in [5, 5.41) is 4.73. The summed E-state index contributed by atoms with van der Waals surface area (Å²) >= 11 is 0. The van der Waals surface area contributed by atoms with Gasteiger partial charge in [-0.1, -0.05) is 18.2 Å². The van der Waals surface area contributed by atoms with Crippen LogP contribution in [-0.2, 0) is 6.54 Å². The van der Waals surface area contributed by atoms with Gasteiger partial charge in [0.05, 0.1) is 18.6 Å². The third-order valence-corrected chi connectivity index (χ3v) is 4.94. The summed E-state index contributed by atoms with van der Waals surface area (Å²) in [6.07, 6.45) is 4.87. The van der Waals surface area contributed by atoms with E-state index in [1.165, 1.54) is 6.33 Å². The second kappa shape index (κ2) is 6.26. The van der Waals surface area contributed by atoms with E-state index in [1.54, 1.807) is 15.4 Å². The number of benzene rings is 1. The smallest absolute Gasteiger partial charge is 0.282 e. The Morgan fingerprint density at radius 1 is 1.10 bits per heavy atom. The highest BCUT2D eigenvalue weighted by Gasteiger charge is 2.17. The zero-order chi connectivity index (χ0) is 20.1. The molecule has 0 atom stereocenters. The van der Waals surface area contributed by atoms with Crippen LogP contribution in [0.2, 0.25) is 0 Å². The molecule has 0 aliphatic rings. The van der Waals surface area contributed by atoms with E-state index >= 15 is 0 Å². The van der Waals surface area contributed by atoms with Gasteiger partial charge in [-0.25, -0.2) is 19.5 Å². The molecule has 0 unspecified atom stereocenters. The van der Waals surface area contributed by atoms with Crippen LogP contribution < -0.4 is 11.3 Å². The van der Waals surface area contributed by atoms with Crippen LogP contribution >= 0.6 is 0 Å². The average molecular weight is 386 g/mol. The van der Waals surface area contributed by atoms with E-state index in [1.807, 2.05) is 54.9 Å². The Balaban J connectivity index is 1.78. The lowest BCUT2D eigenvalue weighted by atomic mass is 10.2. The van der Waals surface area contributed by atoms with E-state index in [0.717, 1.165) is 16.8 Å². The van der Waals surface area contributed by atoms with Crippen LogP contribution in [0.25, 0.3) is 22.4 Å². The van der Waals surface area contributed by atoms with Crippen molar-refractivity contribution in [2.75, 3.05) is 5.73 Å². The summed E-state index contributed by atoms with van der Waals surface area (Å²) in [6.45, 7) is 4.21. The van der Waals surface area contributed by atoms with Crippen molar-refractivity contribution in [3.8, 4) is 5.69 Å². The Morgan fingerprint density at radius 3 is 2.76 bits per heavy atom. The van der Waals surface area contributed by atoms with Crippen LogP contribution in [0, 0.1) is 13.8 Å². The number of fused-ring (bicyclic) bond motifs is 2. The van der Waals surface area contributed by atoms with Crippen molar-refractivity contribution in [3.63, 3.8) is 0 Å². The van der Waals surface area contributed by atoms with Crippen molar-refractivity contribution >= 4 is 22.5 Å². The first kappa shape index (κ1) is 17.1. The van der Waals surface area contributed by atoms with Gasteiger partial charge in [0.1, 0.15) is 17.4 Å². The van der Waals surface area contributed by atoms with Crippen LogP contribution in [-0.4, -0.2) is 33.7 Å². The number of nitrogens with zero attached hydrogens (tertiary/aromatic N) is 7. The van der Waals surface area contributed by atoms with E-state index in [-0.39, 0.29) is 5.56 Å².